The summed E-state index contributed by atoms with van der Waals surface area (Å²) in [5, 5.41) is 10.7. The van der Waals surface area contributed by atoms with Gasteiger partial charge in [-0.1, -0.05) is 38.6 Å². The molecule has 1 aliphatic rings. The SMILES string of the molecule is CCc1cc(-c2ncn(-c3ccc(OC(F)(F)F)cc3)n2)ccc1NC(=O)N=C1SCC(=O)N1c1cc(NC)ccc1C(C)C. The Bertz CT molecular complexity index is 1750. The van der Waals surface area contributed by atoms with E-state index in [4.69, 9.17) is 0 Å². The predicted octanol–water partition coefficient (Wildman–Crippen LogP) is 7.23. The van der Waals surface area contributed by atoms with E-state index in [1.165, 1.54) is 51.9 Å². The van der Waals surface area contributed by atoms with E-state index in [1.807, 2.05) is 45.0 Å². The van der Waals surface area contributed by atoms with Gasteiger partial charge in [0.2, 0.25) is 5.91 Å². The summed E-state index contributed by atoms with van der Waals surface area (Å²) in [5.41, 5.74) is 5.03. The van der Waals surface area contributed by atoms with Crippen molar-refractivity contribution in [1.82, 2.24) is 14.8 Å². The summed E-state index contributed by atoms with van der Waals surface area (Å²) in [6.07, 6.45) is -2.74. The first-order valence-electron chi connectivity index (χ1n) is 14.0. The van der Waals surface area contributed by atoms with E-state index >= 15 is 0 Å². The lowest BCUT2D eigenvalue weighted by Crippen LogP contribution is -2.31. The largest absolute Gasteiger partial charge is 0.573 e. The van der Waals surface area contributed by atoms with Gasteiger partial charge in [0.25, 0.3) is 0 Å². The third kappa shape index (κ3) is 7.28. The molecular formula is C31H30F3N7O3S. The van der Waals surface area contributed by atoms with Crippen LogP contribution in [-0.4, -0.2) is 51.0 Å². The number of benzene rings is 3. The molecule has 0 radical (unpaired) electrons. The number of carbonyl (C=O) groups excluding carboxylic acids is 2. The Hall–Kier alpha value is -4.85. The van der Waals surface area contributed by atoms with E-state index in [2.05, 4.69) is 30.4 Å². The normalized spacial score (nSPS) is 14.4. The second kappa shape index (κ2) is 13.0. The Morgan fingerprint density at radius 1 is 1.11 bits per heavy atom. The van der Waals surface area contributed by atoms with E-state index in [1.54, 1.807) is 19.2 Å². The molecule has 10 nitrogen and oxygen atoms in total. The minimum atomic E-state index is -4.78. The zero-order chi connectivity index (χ0) is 32.3. The van der Waals surface area contributed by atoms with Crippen LogP contribution in [0.4, 0.5) is 35.0 Å². The number of ether oxygens (including phenoxy) is 1. The summed E-state index contributed by atoms with van der Waals surface area (Å²) in [6.45, 7) is 6.02. The fourth-order valence-corrected chi connectivity index (χ4v) is 5.62. The van der Waals surface area contributed by atoms with Crippen LogP contribution in [0.15, 0.2) is 72.0 Å². The number of halogens is 3. The van der Waals surface area contributed by atoms with Gasteiger partial charge in [-0.25, -0.2) is 14.5 Å². The zero-order valence-corrected chi connectivity index (χ0v) is 25.7. The molecule has 3 amide bonds. The molecule has 2 heterocycles. The average Bonchev–Trinajstić information content (AvgIpc) is 3.63. The lowest BCUT2D eigenvalue weighted by molar-refractivity contribution is -0.274. The second-order valence-electron chi connectivity index (χ2n) is 10.3. The number of amidine groups is 1. The quantitative estimate of drug-likeness (QED) is 0.210. The lowest BCUT2D eigenvalue weighted by Gasteiger charge is -2.22. The van der Waals surface area contributed by atoms with Crippen LogP contribution < -0.4 is 20.3 Å². The summed E-state index contributed by atoms with van der Waals surface area (Å²) in [4.78, 5) is 36.2. The number of amides is 3. The molecule has 0 saturated carbocycles. The molecule has 1 aromatic heterocycles. The van der Waals surface area contributed by atoms with Crippen LogP contribution in [0.1, 0.15) is 37.8 Å². The number of nitrogens with zero attached hydrogens (tertiary/aromatic N) is 5. The number of thioether (sulfide) groups is 1. The number of carbonyl (C=O) groups is 2. The maximum Gasteiger partial charge on any atom is 0.573 e. The lowest BCUT2D eigenvalue weighted by atomic mass is 10.00. The van der Waals surface area contributed by atoms with E-state index in [0.29, 0.717) is 40.0 Å². The molecule has 234 valence electrons. The van der Waals surface area contributed by atoms with Crippen LogP contribution in [0.3, 0.4) is 0 Å². The third-order valence-corrected chi connectivity index (χ3v) is 7.88. The Morgan fingerprint density at radius 3 is 2.53 bits per heavy atom. The number of nitrogens with one attached hydrogen (secondary N) is 2. The smallest absolute Gasteiger partial charge is 0.406 e. The summed E-state index contributed by atoms with van der Waals surface area (Å²) < 4.78 is 42.7. The zero-order valence-electron chi connectivity index (χ0n) is 24.8. The maximum absolute atomic E-state index is 13.1. The Labute approximate surface area is 261 Å². The van der Waals surface area contributed by atoms with Crippen LogP contribution in [0.25, 0.3) is 17.1 Å². The first kappa shape index (κ1) is 31.6. The van der Waals surface area contributed by atoms with Gasteiger partial charge in [-0.3, -0.25) is 9.69 Å². The van der Waals surface area contributed by atoms with Crippen LogP contribution >= 0.6 is 11.8 Å². The average molecular weight is 638 g/mol. The molecule has 2 N–H and O–H groups in total. The standard InChI is InChI=1S/C31H30F3N7O3S/c1-5-19-14-20(28-36-17-40(39-28)22-8-10-23(11-9-22)44-31(32,33)34)6-13-25(19)37-29(43)38-30-41(27(42)16-45-30)26-15-21(35-4)7-12-24(26)18(2)3/h6-15,17-18,35H,5,16H2,1-4H3,(H,37,43). The number of aliphatic imine (C=N–C) groups is 1. The maximum atomic E-state index is 13.1. The van der Waals surface area contributed by atoms with Crippen molar-refractivity contribution in [3.8, 4) is 22.8 Å². The van der Waals surface area contributed by atoms with Crippen LogP contribution in [-0.2, 0) is 11.2 Å². The molecule has 0 bridgehead atoms. The van der Waals surface area contributed by atoms with Gasteiger partial charge in [-0.2, -0.15) is 4.99 Å². The first-order chi connectivity index (χ1) is 21.5. The topological polar surface area (TPSA) is 114 Å². The number of hydrogen-bond donors (Lipinski definition) is 2. The number of anilines is 3. The van der Waals surface area contributed by atoms with Crippen LogP contribution in [0.5, 0.6) is 5.75 Å². The second-order valence-corrected chi connectivity index (χ2v) is 11.2. The highest BCUT2D eigenvalue weighted by molar-refractivity contribution is 8.15. The minimum Gasteiger partial charge on any atom is -0.406 e. The van der Waals surface area contributed by atoms with Crippen molar-refractivity contribution in [2.75, 3.05) is 28.3 Å². The van der Waals surface area contributed by atoms with E-state index in [0.717, 1.165) is 16.8 Å². The predicted molar refractivity (Wildman–Crippen MR) is 169 cm³/mol. The van der Waals surface area contributed by atoms with Crippen molar-refractivity contribution in [2.45, 2.75) is 39.5 Å². The summed E-state index contributed by atoms with van der Waals surface area (Å²) in [7, 11) is 1.80. The van der Waals surface area contributed by atoms with Crippen LogP contribution in [0.2, 0.25) is 0 Å². The van der Waals surface area contributed by atoms with Crippen LogP contribution in [0, 0.1) is 0 Å². The fraction of sp³-hybridized carbons (Fsp3) is 0.258. The van der Waals surface area contributed by atoms with Crippen molar-refractivity contribution >= 4 is 45.9 Å². The molecule has 1 fully saturated rings. The molecule has 1 aliphatic heterocycles. The highest BCUT2D eigenvalue weighted by Crippen LogP contribution is 2.35. The van der Waals surface area contributed by atoms with Gasteiger partial charge in [-0.15, -0.1) is 18.3 Å². The molecule has 5 rings (SSSR count). The Kier molecular flexibility index (Phi) is 9.14. The number of urea groups is 1. The molecule has 0 atom stereocenters. The van der Waals surface area contributed by atoms with Crippen molar-refractivity contribution in [3.63, 3.8) is 0 Å². The molecule has 3 aromatic carbocycles. The van der Waals surface area contributed by atoms with Crippen molar-refractivity contribution in [1.29, 1.82) is 0 Å². The van der Waals surface area contributed by atoms with Crippen molar-refractivity contribution < 1.29 is 27.5 Å². The van der Waals surface area contributed by atoms with Gasteiger partial charge in [-0.05, 0) is 78.1 Å². The summed E-state index contributed by atoms with van der Waals surface area (Å²) in [6, 6.07) is 15.8. The number of aryl methyl sites for hydroxylation is 1. The van der Waals surface area contributed by atoms with Gasteiger partial charge in [0.1, 0.15) is 12.1 Å². The van der Waals surface area contributed by atoms with Gasteiger partial charge >= 0.3 is 12.4 Å². The molecule has 0 aliphatic carbocycles. The Balaban J connectivity index is 1.34. The summed E-state index contributed by atoms with van der Waals surface area (Å²) in [5.74, 6) is 0.214. The van der Waals surface area contributed by atoms with Gasteiger partial charge in [0.05, 0.1) is 17.1 Å². The molecule has 0 unspecified atom stereocenters. The number of hydrogen-bond acceptors (Lipinski definition) is 7. The third-order valence-electron chi connectivity index (χ3n) is 6.96. The van der Waals surface area contributed by atoms with E-state index in [-0.39, 0.29) is 23.3 Å². The number of rotatable bonds is 8. The molecule has 45 heavy (non-hydrogen) atoms. The van der Waals surface area contributed by atoms with Gasteiger partial charge in [0, 0.05) is 24.0 Å². The highest BCUT2D eigenvalue weighted by Gasteiger charge is 2.33. The first-order valence-corrected chi connectivity index (χ1v) is 15.0. The molecule has 1 saturated heterocycles. The van der Waals surface area contributed by atoms with Gasteiger partial charge < -0.3 is 15.4 Å². The van der Waals surface area contributed by atoms with E-state index in [9.17, 15) is 22.8 Å². The minimum absolute atomic E-state index is 0.143. The van der Waals surface area contributed by atoms with Crippen molar-refractivity contribution in [3.05, 3.63) is 78.1 Å². The fourth-order valence-electron chi connectivity index (χ4n) is 4.76. The molecular weight excluding hydrogens is 607 g/mol. The number of aromatic nitrogens is 3. The highest BCUT2D eigenvalue weighted by atomic mass is 32.2. The number of alkyl halides is 3. The Morgan fingerprint density at radius 2 is 1.87 bits per heavy atom. The van der Waals surface area contributed by atoms with Crippen molar-refractivity contribution in [2.24, 2.45) is 4.99 Å². The monoisotopic (exact) mass is 637 g/mol. The molecule has 0 spiro atoms. The molecule has 14 heteroatoms. The van der Waals surface area contributed by atoms with Gasteiger partial charge in [0.15, 0.2) is 11.0 Å². The van der Waals surface area contributed by atoms with E-state index < -0.39 is 12.4 Å². The summed E-state index contributed by atoms with van der Waals surface area (Å²) >= 11 is 1.21. The molecule has 4 aromatic rings.